The molecular formula is C24H19F2N3O2. The number of hydrogen-bond acceptors (Lipinski definition) is 3. The Morgan fingerprint density at radius 3 is 2.35 bits per heavy atom. The van der Waals surface area contributed by atoms with Gasteiger partial charge in [0.1, 0.15) is 11.6 Å². The van der Waals surface area contributed by atoms with Gasteiger partial charge in [-0.15, -0.1) is 0 Å². The molecular weight excluding hydrogens is 400 g/mol. The fourth-order valence-corrected chi connectivity index (χ4v) is 3.52. The molecule has 1 aliphatic heterocycles. The number of anilines is 2. The molecule has 156 valence electrons. The molecule has 0 bridgehead atoms. The molecule has 0 fully saturated rings. The summed E-state index contributed by atoms with van der Waals surface area (Å²) in [6, 6.07) is 17.6. The Morgan fingerprint density at radius 2 is 1.65 bits per heavy atom. The maximum absolute atomic E-state index is 13.4. The van der Waals surface area contributed by atoms with Crippen molar-refractivity contribution in [3.05, 3.63) is 95.1 Å². The zero-order valence-electron chi connectivity index (χ0n) is 16.7. The second-order valence-corrected chi connectivity index (χ2v) is 7.22. The third-order valence-corrected chi connectivity index (χ3v) is 4.94. The van der Waals surface area contributed by atoms with Gasteiger partial charge in [0.15, 0.2) is 0 Å². The van der Waals surface area contributed by atoms with Crippen LogP contribution < -0.4 is 10.2 Å². The Balaban J connectivity index is 1.64. The number of carbonyl (C=O) groups excluding carboxylic acids is 2. The van der Waals surface area contributed by atoms with Gasteiger partial charge < -0.3 is 5.32 Å². The minimum absolute atomic E-state index is 0.166. The van der Waals surface area contributed by atoms with Crippen LogP contribution in [0.5, 0.6) is 0 Å². The topological polar surface area (TPSA) is 61.8 Å². The first-order chi connectivity index (χ1) is 14.9. The molecule has 7 heteroatoms. The Hall–Kier alpha value is -3.87. The average molecular weight is 419 g/mol. The standard InChI is InChI=1S/C24H19F2N3O2/c1-15-6-2-4-8-20(15)29-21-9-5-3-7-17(21)14-27-23(24(29)31)28-22(30)12-16-10-18(25)13-19(26)11-16/h2-11,13-14,23H,12H2,1H3,(H,28,30). The number of aliphatic imine (C=N–C) groups is 1. The van der Waals surface area contributed by atoms with Gasteiger partial charge in [-0.3, -0.25) is 19.5 Å². The first kappa shape index (κ1) is 20.4. The Labute approximate surface area is 178 Å². The van der Waals surface area contributed by atoms with Crippen LogP contribution >= 0.6 is 0 Å². The first-order valence-corrected chi connectivity index (χ1v) is 9.68. The Bertz CT molecular complexity index is 1170. The third-order valence-electron chi connectivity index (χ3n) is 4.94. The lowest BCUT2D eigenvalue weighted by atomic mass is 10.1. The molecule has 1 N–H and O–H groups in total. The molecule has 1 aliphatic rings. The minimum Gasteiger partial charge on any atom is -0.326 e. The summed E-state index contributed by atoms with van der Waals surface area (Å²) in [5.74, 6) is -2.55. The summed E-state index contributed by atoms with van der Waals surface area (Å²) in [4.78, 5) is 31.8. The van der Waals surface area contributed by atoms with Crippen LogP contribution in [-0.2, 0) is 16.0 Å². The van der Waals surface area contributed by atoms with Crippen LogP contribution in [0.15, 0.2) is 71.7 Å². The van der Waals surface area contributed by atoms with E-state index in [1.54, 1.807) is 0 Å². The van der Waals surface area contributed by atoms with E-state index in [0.29, 0.717) is 11.4 Å². The quantitative estimate of drug-likeness (QED) is 0.693. The SMILES string of the molecule is Cc1ccccc1N1C(=O)C(NC(=O)Cc2cc(F)cc(F)c2)N=Cc2ccccc21. The number of benzodiazepines with no additional fused rings is 1. The number of aryl methyl sites for hydroxylation is 1. The largest absolute Gasteiger partial charge is 0.326 e. The van der Waals surface area contributed by atoms with Gasteiger partial charge in [0, 0.05) is 17.8 Å². The van der Waals surface area contributed by atoms with Crippen molar-refractivity contribution in [2.45, 2.75) is 19.5 Å². The van der Waals surface area contributed by atoms with E-state index >= 15 is 0 Å². The molecule has 4 rings (SSSR count). The van der Waals surface area contributed by atoms with E-state index in [-0.39, 0.29) is 12.0 Å². The highest BCUT2D eigenvalue weighted by Crippen LogP contribution is 2.32. The molecule has 3 aromatic carbocycles. The summed E-state index contributed by atoms with van der Waals surface area (Å²) in [7, 11) is 0. The van der Waals surface area contributed by atoms with Gasteiger partial charge in [-0.05, 0) is 42.3 Å². The molecule has 2 amide bonds. The number of hydrogen-bond donors (Lipinski definition) is 1. The van der Waals surface area contributed by atoms with Crippen molar-refractivity contribution in [1.82, 2.24) is 5.32 Å². The summed E-state index contributed by atoms with van der Waals surface area (Å²) in [6.07, 6.45) is 0.0711. The molecule has 0 radical (unpaired) electrons. The lowest BCUT2D eigenvalue weighted by molar-refractivity contribution is -0.126. The number of rotatable bonds is 4. The lowest BCUT2D eigenvalue weighted by Gasteiger charge is -2.27. The van der Waals surface area contributed by atoms with E-state index in [1.165, 1.54) is 11.1 Å². The van der Waals surface area contributed by atoms with Crippen molar-refractivity contribution >= 4 is 29.4 Å². The van der Waals surface area contributed by atoms with E-state index in [2.05, 4.69) is 10.3 Å². The number of benzene rings is 3. The molecule has 0 aliphatic carbocycles. The van der Waals surface area contributed by atoms with E-state index < -0.39 is 29.6 Å². The Kier molecular flexibility index (Phi) is 5.58. The van der Waals surface area contributed by atoms with Gasteiger partial charge in [0.05, 0.1) is 17.8 Å². The van der Waals surface area contributed by atoms with Crippen molar-refractivity contribution in [2.24, 2.45) is 4.99 Å². The number of fused-ring (bicyclic) bond motifs is 1. The summed E-state index contributed by atoms with van der Waals surface area (Å²) in [5.41, 5.74) is 3.10. The number of halogens is 2. The average Bonchev–Trinajstić information content (AvgIpc) is 2.85. The molecule has 1 heterocycles. The summed E-state index contributed by atoms with van der Waals surface area (Å²) < 4.78 is 26.9. The summed E-state index contributed by atoms with van der Waals surface area (Å²) >= 11 is 0. The van der Waals surface area contributed by atoms with Crippen LogP contribution in [0.4, 0.5) is 20.2 Å². The molecule has 5 nitrogen and oxygen atoms in total. The zero-order valence-corrected chi connectivity index (χ0v) is 16.7. The smallest absolute Gasteiger partial charge is 0.276 e. The molecule has 31 heavy (non-hydrogen) atoms. The first-order valence-electron chi connectivity index (χ1n) is 9.68. The number of para-hydroxylation sites is 2. The van der Waals surface area contributed by atoms with Gasteiger partial charge in [-0.1, -0.05) is 36.4 Å². The number of nitrogens with zero attached hydrogens (tertiary/aromatic N) is 2. The molecule has 0 saturated carbocycles. The highest BCUT2D eigenvalue weighted by Gasteiger charge is 2.31. The van der Waals surface area contributed by atoms with Crippen LogP contribution in [0.1, 0.15) is 16.7 Å². The fraction of sp³-hybridized carbons (Fsp3) is 0.125. The fourth-order valence-electron chi connectivity index (χ4n) is 3.52. The predicted molar refractivity (Wildman–Crippen MR) is 114 cm³/mol. The van der Waals surface area contributed by atoms with Crippen LogP contribution in [0.25, 0.3) is 0 Å². The summed E-state index contributed by atoms with van der Waals surface area (Å²) in [5, 5.41) is 2.58. The van der Waals surface area contributed by atoms with E-state index in [1.807, 2.05) is 55.5 Å². The number of carbonyl (C=O) groups is 2. The zero-order chi connectivity index (χ0) is 22.0. The van der Waals surface area contributed by atoms with Crippen LogP contribution in [0.3, 0.4) is 0 Å². The van der Waals surface area contributed by atoms with Gasteiger partial charge in [0.25, 0.3) is 5.91 Å². The third kappa shape index (κ3) is 4.35. The van der Waals surface area contributed by atoms with Crippen molar-refractivity contribution in [3.8, 4) is 0 Å². The van der Waals surface area contributed by atoms with Crippen molar-refractivity contribution in [3.63, 3.8) is 0 Å². The molecule has 0 aromatic heterocycles. The van der Waals surface area contributed by atoms with Gasteiger partial charge >= 0.3 is 0 Å². The number of amides is 2. The van der Waals surface area contributed by atoms with Gasteiger partial charge in [0.2, 0.25) is 12.1 Å². The van der Waals surface area contributed by atoms with Gasteiger partial charge in [-0.25, -0.2) is 8.78 Å². The second kappa shape index (κ2) is 8.47. The molecule has 1 unspecified atom stereocenters. The monoisotopic (exact) mass is 419 g/mol. The van der Waals surface area contributed by atoms with Crippen LogP contribution in [-0.4, -0.2) is 24.2 Å². The summed E-state index contributed by atoms with van der Waals surface area (Å²) in [6.45, 7) is 1.89. The highest BCUT2D eigenvalue weighted by molar-refractivity contribution is 6.10. The van der Waals surface area contributed by atoms with Crippen molar-refractivity contribution < 1.29 is 18.4 Å². The molecule has 3 aromatic rings. The highest BCUT2D eigenvalue weighted by atomic mass is 19.1. The normalized spacial score (nSPS) is 15.4. The predicted octanol–water partition coefficient (Wildman–Crippen LogP) is 4.06. The lowest BCUT2D eigenvalue weighted by Crippen LogP contribution is -2.46. The van der Waals surface area contributed by atoms with Gasteiger partial charge in [-0.2, -0.15) is 0 Å². The molecule has 0 saturated heterocycles. The Morgan fingerprint density at radius 1 is 1.00 bits per heavy atom. The minimum atomic E-state index is -1.18. The maximum atomic E-state index is 13.4. The van der Waals surface area contributed by atoms with Crippen LogP contribution in [0.2, 0.25) is 0 Å². The van der Waals surface area contributed by atoms with Crippen molar-refractivity contribution in [1.29, 1.82) is 0 Å². The number of nitrogens with one attached hydrogen (secondary N) is 1. The maximum Gasteiger partial charge on any atom is 0.276 e. The molecule has 0 spiro atoms. The van der Waals surface area contributed by atoms with E-state index in [9.17, 15) is 18.4 Å². The van der Waals surface area contributed by atoms with E-state index in [4.69, 9.17) is 0 Å². The van der Waals surface area contributed by atoms with Crippen LogP contribution in [0, 0.1) is 18.6 Å². The molecule has 1 atom stereocenters. The van der Waals surface area contributed by atoms with E-state index in [0.717, 1.165) is 29.3 Å². The van der Waals surface area contributed by atoms with Crippen molar-refractivity contribution in [2.75, 3.05) is 4.90 Å². The second-order valence-electron chi connectivity index (χ2n) is 7.22.